The molecule has 0 aromatic heterocycles. The Kier molecular flexibility index (Phi) is 10.4. The second kappa shape index (κ2) is 13.2. The van der Waals surface area contributed by atoms with Crippen molar-refractivity contribution in [3.8, 4) is 11.8 Å². The van der Waals surface area contributed by atoms with Crippen molar-refractivity contribution in [3.63, 3.8) is 0 Å². The van der Waals surface area contributed by atoms with Crippen molar-refractivity contribution in [3.05, 3.63) is 70.8 Å². The van der Waals surface area contributed by atoms with E-state index in [0.29, 0.717) is 5.56 Å². The number of amides is 2. The fourth-order valence-electron chi connectivity index (χ4n) is 2.83. The fraction of sp³-hybridized carbons (Fsp3) is 0.333. The molecule has 0 bridgehead atoms. The molecule has 32 heavy (non-hydrogen) atoms. The molecule has 0 saturated carbocycles. The van der Waals surface area contributed by atoms with Crippen LogP contribution < -0.4 is 16.1 Å². The van der Waals surface area contributed by atoms with Gasteiger partial charge in [0.1, 0.15) is 6.04 Å². The van der Waals surface area contributed by atoms with Crippen molar-refractivity contribution >= 4 is 11.8 Å². The first-order valence-electron chi connectivity index (χ1n) is 10.3. The van der Waals surface area contributed by atoms with Gasteiger partial charge in [-0.15, -0.1) is 0 Å². The molecule has 0 saturated heterocycles. The van der Waals surface area contributed by atoms with Gasteiger partial charge in [-0.3, -0.25) is 14.8 Å². The molecule has 5 N–H and O–H groups in total. The largest absolute Gasteiger partial charge is 0.391 e. The maximum absolute atomic E-state index is 12.3. The number of carbonyl (C=O) groups excluding carboxylic acids is 2. The van der Waals surface area contributed by atoms with E-state index in [-0.39, 0.29) is 0 Å². The number of nitrogens with one attached hydrogen (secondary N) is 3. The summed E-state index contributed by atoms with van der Waals surface area (Å²) in [5.41, 5.74) is 4.51. The van der Waals surface area contributed by atoms with Gasteiger partial charge in [-0.25, -0.2) is 5.48 Å². The Morgan fingerprint density at radius 3 is 2.16 bits per heavy atom. The van der Waals surface area contributed by atoms with E-state index in [0.717, 1.165) is 37.2 Å². The Hall–Kier alpha value is -3.22. The van der Waals surface area contributed by atoms with Gasteiger partial charge >= 0.3 is 0 Å². The Balaban J connectivity index is 1.93. The predicted octanol–water partition coefficient (Wildman–Crippen LogP) is 1.20. The summed E-state index contributed by atoms with van der Waals surface area (Å²) >= 11 is 0. The number of hydrogen-bond donors (Lipinski definition) is 5. The molecule has 2 atom stereocenters. The number of rotatable bonds is 10. The van der Waals surface area contributed by atoms with E-state index in [1.54, 1.807) is 31.4 Å². The minimum Gasteiger partial charge on any atom is -0.391 e. The molecule has 2 amide bonds. The summed E-state index contributed by atoms with van der Waals surface area (Å²) in [6.07, 6.45) is -0.200. The molecule has 0 fully saturated rings. The van der Waals surface area contributed by atoms with Crippen LogP contribution in [0.5, 0.6) is 0 Å². The standard InChI is InChI=1S/C24H29N3O5/c1-17(28)22(24(30)27-31)26-23(29)21-12-10-19(11-13-21)5-4-18-6-8-20(9-7-18)16-25-14-3-15-32-2/h6-13,17,22,25,28,31H,3,14-16H2,1-2H3,(H,26,29)(H,27,30)/t17-,22+/m1/s1. The third-order valence-electron chi connectivity index (χ3n) is 4.65. The molecule has 0 radical (unpaired) electrons. The smallest absolute Gasteiger partial charge is 0.268 e. The Bertz CT molecular complexity index is 931. The molecule has 0 spiro atoms. The van der Waals surface area contributed by atoms with Gasteiger partial charge in [0.05, 0.1) is 6.10 Å². The molecular weight excluding hydrogens is 410 g/mol. The third kappa shape index (κ3) is 8.13. The van der Waals surface area contributed by atoms with E-state index in [4.69, 9.17) is 9.94 Å². The maximum Gasteiger partial charge on any atom is 0.268 e. The summed E-state index contributed by atoms with van der Waals surface area (Å²) < 4.78 is 5.02. The van der Waals surface area contributed by atoms with E-state index >= 15 is 0 Å². The van der Waals surface area contributed by atoms with Crippen LogP contribution in [-0.2, 0) is 16.1 Å². The summed E-state index contributed by atoms with van der Waals surface area (Å²) in [5.74, 6) is 4.69. The highest BCUT2D eigenvalue weighted by Gasteiger charge is 2.25. The first-order valence-corrected chi connectivity index (χ1v) is 10.3. The van der Waals surface area contributed by atoms with E-state index in [1.165, 1.54) is 18.0 Å². The first-order chi connectivity index (χ1) is 15.4. The van der Waals surface area contributed by atoms with Crippen LogP contribution in [0.25, 0.3) is 0 Å². The fourth-order valence-corrected chi connectivity index (χ4v) is 2.83. The number of aliphatic hydroxyl groups is 1. The summed E-state index contributed by atoms with van der Waals surface area (Å²) in [4.78, 5) is 23.8. The minimum absolute atomic E-state index is 0.300. The van der Waals surface area contributed by atoms with Gasteiger partial charge in [0.2, 0.25) is 0 Å². The van der Waals surface area contributed by atoms with Crippen LogP contribution in [0.1, 0.15) is 40.4 Å². The average Bonchev–Trinajstić information content (AvgIpc) is 2.81. The number of methoxy groups -OCH3 is 1. The van der Waals surface area contributed by atoms with Crippen LogP contribution in [-0.4, -0.2) is 54.5 Å². The monoisotopic (exact) mass is 439 g/mol. The normalized spacial score (nSPS) is 12.2. The summed E-state index contributed by atoms with van der Waals surface area (Å²) in [7, 11) is 1.70. The molecule has 2 aromatic rings. The predicted molar refractivity (Wildman–Crippen MR) is 120 cm³/mol. The van der Waals surface area contributed by atoms with Crippen molar-refractivity contribution in [1.82, 2.24) is 16.1 Å². The van der Waals surface area contributed by atoms with E-state index < -0.39 is 24.0 Å². The van der Waals surface area contributed by atoms with Gasteiger partial charge in [0, 0.05) is 37.0 Å². The van der Waals surface area contributed by atoms with Gasteiger partial charge in [-0.2, -0.15) is 0 Å². The van der Waals surface area contributed by atoms with Gasteiger partial charge in [0.25, 0.3) is 11.8 Å². The zero-order valence-electron chi connectivity index (χ0n) is 18.2. The highest BCUT2D eigenvalue weighted by molar-refractivity contribution is 5.97. The minimum atomic E-state index is -1.27. The second-order valence-corrected chi connectivity index (χ2v) is 7.22. The molecule has 2 rings (SSSR count). The van der Waals surface area contributed by atoms with Crippen molar-refractivity contribution < 1.29 is 24.6 Å². The lowest BCUT2D eigenvalue weighted by molar-refractivity contribution is -0.133. The number of hydroxylamine groups is 1. The van der Waals surface area contributed by atoms with Crippen molar-refractivity contribution in [2.45, 2.75) is 32.0 Å². The number of aliphatic hydroxyl groups excluding tert-OH is 1. The number of benzene rings is 2. The number of hydrogen-bond acceptors (Lipinski definition) is 6. The quantitative estimate of drug-likeness (QED) is 0.164. The van der Waals surface area contributed by atoms with E-state index in [9.17, 15) is 14.7 Å². The van der Waals surface area contributed by atoms with Gasteiger partial charge in [-0.1, -0.05) is 24.0 Å². The lowest BCUT2D eigenvalue weighted by Crippen LogP contribution is -2.51. The van der Waals surface area contributed by atoms with Crippen LogP contribution in [0.4, 0.5) is 0 Å². The molecule has 0 aliphatic carbocycles. The molecule has 0 aliphatic heterocycles. The topological polar surface area (TPSA) is 120 Å². The summed E-state index contributed by atoms with van der Waals surface area (Å²) in [5, 5.41) is 24.1. The van der Waals surface area contributed by atoms with Crippen LogP contribution in [0.3, 0.4) is 0 Å². The summed E-state index contributed by atoms with van der Waals surface area (Å²) in [6, 6.07) is 13.3. The molecule has 170 valence electrons. The van der Waals surface area contributed by atoms with Crippen molar-refractivity contribution in [2.75, 3.05) is 20.3 Å². The Morgan fingerprint density at radius 1 is 1.03 bits per heavy atom. The lowest BCUT2D eigenvalue weighted by atomic mass is 10.1. The molecular formula is C24H29N3O5. The zero-order valence-corrected chi connectivity index (χ0v) is 18.2. The Labute approximate surface area is 187 Å². The third-order valence-corrected chi connectivity index (χ3v) is 4.65. The molecule has 0 aliphatic rings. The van der Waals surface area contributed by atoms with Gasteiger partial charge in [-0.05, 0) is 61.9 Å². The molecule has 0 heterocycles. The van der Waals surface area contributed by atoms with Gasteiger partial charge < -0.3 is 20.5 Å². The molecule has 8 heteroatoms. The zero-order chi connectivity index (χ0) is 23.3. The Morgan fingerprint density at radius 2 is 1.62 bits per heavy atom. The number of ether oxygens (including phenoxy) is 1. The van der Waals surface area contributed by atoms with Gasteiger partial charge in [0.15, 0.2) is 0 Å². The van der Waals surface area contributed by atoms with Crippen LogP contribution in [0.2, 0.25) is 0 Å². The van der Waals surface area contributed by atoms with Crippen molar-refractivity contribution in [1.29, 1.82) is 0 Å². The second-order valence-electron chi connectivity index (χ2n) is 7.22. The SMILES string of the molecule is COCCCNCc1ccc(C#Cc2ccc(C(=O)N[C@H](C(=O)NO)[C@@H](C)O)cc2)cc1. The van der Waals surface area contributed by atoms with Crippen LogP contribution in [0.15, 0.2) is 48.5 Å². The average molecular weight is 440 g/mol. The highest BCUT2D eigenvalue weighted by atomic mass is 16.5. The van der Waals surface area contributed by atoms with E-state index in [1.807, 2.05) is 24.3 Å². The molecule has 0 unspecified atom stereocenters. The van der Waals surface area contributed by atoms with Crippen LogP contribution in [0, 0.1) is 11.8 Å². The van der Waals surface area contributed by atoms with Crippen LogP contribution >= 0.6 is 0 Å². The first kappa shape index (κ1) is 25.0. The highest BCUT2D eigenvalue weighted by Crippen LogP contribution is 2.07. The molecule has 2 aromatic carbocycles. The van der Waals surface area contributed by atoms with E-state index in [2.05, 4.69) is 22.5 Å². The molecule has 8 nitrogen and oxygen atoms in total. The lowest BCUT2D eigenvalue weighted by Gasteiger charge is -2.19. The van der Waals surface area contributed by atoms with Crippen molar-refractivity contribution in [2.24, 2.45) is 0 Å². The summed E-state index contributed by atoms with van der Waals surface area (Å²) in [6.45, 7) is 3.77. The number of carbonyl (C=O) groups is 2. The maximum atomic E-state index is 12.3.